The van der Waals surface area contributed by atoms with Gasteiger partial charge in [0.2, 0.25) is 28.6 Å². The van der Waals surface area contributed by atoms with Gasteiger partial charge >= 0.3 is 0 Å². The van der Waals surface area contributed by atoms with E-state index in [1.165, 1.54) is 11.8 Å². The summed E-state index contributed by atoms with van der Waals surface area (Å²) in [4.78, 5) is 28.0. The lowest BCUT2D eigenvalue weighted by atomic mass is 10.1. The maximum atomic E-state index is 13.7. The Balaban J connectivity index is 1.92. The molecule has 0 unspecified atom stereocenters. The highest BCUT2D eigenvalue weighted by Gasteiger charge is 2.31. The van der Waals surface area contributed by atoms with Gasteiger partial charge in [0.25, 0.3) is 0 Å². The van der Waals surface area contributed by atoms with Crippen molar-refractivity contribution in [3.05, 3.63) is 52.5 Å². The Morgan fingerprint density at radius 3 is 2.47 bits per heavy atom. The second-order valence-electron chi connectivity index (χ2n) is 8.91. The Bertz CT molecular complexity index is 1200. The number of carbonyl (C=O) groups is 2. The molecule has 1 N–H and O–H groups in total. The van der Waals surface area contributed by atoms with Crippen LogP contribution in [0.25, 0.3) is 0 Å². The Morgan fingerprint density at radius 1 is 1.08 bits per heavy atom. The van der Waals surface area contributed by atoms with E-state index in [4.69, 9.17) is 9.47 Å². The number of ether oxygens (including phenoxy) is 2. The van der Waals surface area contributed by atoms with Gasteiger partial charge in [0, 0.05) is 23.6 Å². The molecule has 2 aromatic rings. The summed E-state index contributed by atoms with van der Waals surface area (Å²) in [6.45, 7) is 7.30. The van der Waals surface area contributed by atoms with Crippen molar-refractivity contribution in [1.82, 2.24) is 10.2 Å². The highest BCUT2D eigenvalue weighted by molar-refractivity contribution is 9.10. The molecule has 0 fully saturated rings. The maximum Gasteiger partial charge on any atom is 0.244 e. The molecule has 11 heteroatoms. The first-order valence-corrected chi connectivity index (χ1v) is 14.1. The number of fused-ring (bicyclic) bond motifs is 1. The maximum absolute atomic E-state index is 13.7. The van der Waals surface area contributed by atoms with Crippen molar-refractivity contribution in [2.45, 2.75) is 40.3 Å². The Labute approximate surface area is 220 Å². The van der Waals surface area contributed by atoms with E-state index < -0.39 is 28.5 Å². The van der Waals surface area contributed by atoms with Gasteiger partial charge in [0.05, 0.1) is 11.4 Å². The normalized spacial score (nSPS) is 13.4. The molecule has 0 bridgehead atoms. The fraction of sp³-hybridized carbons (Fsp3) is 0.440. The third kappa shape index (κ3) is 6.91. The summed E-state index contributed by atoms with van der Waals surface area (Å²) in [7, 11) is -3.82. The molecule has 196 valence electrons. The molecule has 1 atom stereocenters. The number of nitrogens with one attached hydrogen (secondary N) is 1. The summed E-state index contributed by atoms with van der Waals surface area (Å²) in [5, 5.41) is 2.86. The van der Waals surface area contributed by atoms with Gasteiger partial charge in [-0.05, 0) is 49.6 Å². The van der Waals surface area contributed by atoms with Crippen LogP contribution in [0.5, 0.6) is 11.5 Å². The molecule has 0 saturated carbocycles. The summed E-state index contributed by atoms with van der Waals surface area (Å²) < 4.78 is 38.7. The lowest BCUT2D eigenvalue weighted by Gasteiger charge is -2.32. The van der Waals surface area contributed by atoms with Crippen LogP contribution in [0.15, 0.2) is 46.9 Å². The second-order valence-corrected chi connectivity index (χ2v) is 12.0. The van der Waals surface area contributed by atoms with Crippen molar-refractivity contribution in [2.24, 2.45) is 5.92 Å². The van der Waals surface area contributed by atoms with Gasteiger partial charge in [-0.15, -0.1) is 0 Å². The molecule has 0 aliphatic carbocycles. The number of hydrogen-bond donors (Lipinski definition) is 1. The Morgan fingerprint density at radius 2 is 1.81 bits per heavy atom. The van der Waals surface area contributed by atoms with E-state index in [2.05, 4.69) is 21.2 Å². The lowest BCUT2D eigenvalue weighted by molar-refractivity contribution is -0.139. The average Bonchev–Trinajstić information content (AvgIpc) is 3.31. The summed E-state index contributed by atoms with van der Waals surface area (Å²) in [5.41, 5.74) is 1.09. The molecular formula is C25H32BrN3O6S. The second kappa shape index (κ2) is 12.0. The van der Waals surface area contributed by atoms with Crippen molar-refractivity contribution in [3.8, 4) is 11.5 Å². The van der Waals surface area contributed by atoms with E-state index in [0.717, 1.165) is 14.3 Å². The molecule has 0 spiro atoms. The first-order chi connectivity index (χ1) is 17.0. The monoisotopic (exact) mass is 581 g/mol. The summed E-state index contributed by atoms with van der Waals surface area (Å²) in [5.74, 6) is 0.142. The number of halogens is 1. The zero-order chi connectivity index (χ0) is 26.5. The van der Waals surface area contributed by atoms with Crippen molar-refractivity contribution >= 4 is 43.5 Å². The fourth-order valence-corrected chi connectivity index (χ4v) is 5.13. The smallest absolute Gasteiger partial charge is 0.244 e. The molecule has 1 heterocycles. The first kappa shape index (κ1) is 27.8. The van der Waals surface area contributed by atoms with Crippen LogP contribution >= 0.6 is 15.9 Å². The first-order valence-electron chi connectivity index (χ1n) is 11.7. The number of nitrogens with zero attached hydrogens (tertiary/aromatic N) is 2. The van der Waals surface area contributed by atoms with Gasteiger partial charge in [-0.25, -0.2) is 8.42 Å². The summed E-state index contributed by atoms with van der Waals surface area (Å²) >= 11 is 3.43. The molecular weight excluding hydrogens is 550 g/mol. The lowest BCUT2D eigenvalue weighted by Crippen LogP contribution is -2.51. The van der Waals surface area contributed by atoms with Crippen molar-refractivity contribution < 1.29 is 27.5 Å². The molecule has 1 aliphatic rings. The van der Waals surface area contributed by atoms with E-state index in [0.29, 0.717) is 18.0 Å². The van der Waals surface area contributed by atoms with Crippen molar-refractivity contribution in [1.29, 1.82) is 0 Å². The van der Waals surface area contributed by atoms with E-state index in [1.807, 2.05) is 38.1 Å². The summed E-state index contributed by atoms with van der Waals surface area (Å²) in [6.07, 6.45) is 0. The van der Waals surface area contributed by atoms with E-state index in [-0.39, 0.29) is 36.6 Å². The van der Waals surface area contributed by atoms with Gasteiger partial charge < -0.3 is 19.7 Å². The topological polar surface area (TPSA) is 105 Å². The largest absolute Gasteiger partial charge is 0.454 e. The van der Waals surface area contributed by atoms with Crippen molar-refractivity contribution in [3.63, 3.8) is 0 Å². The molecule has 36 heavy (non-hydrogen) atoms. The summed E-state index contributed by atoms with van der Waals surface area (Å²) in [6, 6.07) is 11.3. The van der Waals surface area contributed by atoms with Crippen LogP contribution in [0, 0.1) is 5.92 Å². The van der Waals surface area contributed by atoms with Crippen LogP contribution in [0.3, 0.4) is 0 Å². The number of rotatable bonds is 11. The van der Waals surface area contributed by atoms with Gasteiger partial charge in [-0.1, -0.05) is 41.9 Å². The molecule has 3 rings (SSSR count). The molecule has 0 aromatic heterocycles. The Kier molecular flexibility index (Phi) is 9.24. The van der Waals surface area contributed by atoms with Gasteiger partial charge in [-0.3, -0.25) is 13.9 Å². The predicted molar refractivity (Wildman–Crippen MR) is 141 cm³/mol. The molecule has 9 nitrogen and oxygen atoms in total. The zero-order valence-corrected chi connectivity index (χ0v) is 23.3. The molecule has 2 aromatic carbocycles. The zero-order valence-electron chi connectivity index (χ0n) is 20.9. The minimum atomic E-state index is -3.82. The molecule has 0 radical (unpaired) electrons. The minimum absolute atomic E-state index is 0.0433. The molecule has 2 amide bonds. The third-order valence-electron chi connectivity index (χ3n) is 5.72. The van der Waals surface area contributed by atoms with Crippen LogP contribution in [0.2, 0.25) is 0 Å². The van der Waals surface area contributed by atoms with Gasteiger partial charge in [0.1, 0.15) is 12.6 Å². The predicted octanol–water partition coefficient (Wildman–Crippen LogP) is 3.52. The van der Waals surface area contributed by atoms with Crippen LogP contribution in [0.4, 0.5) is 5.69 Å². The van der Waals surface area contributed by atoms with Crippen LogP contribution in [-0.2, 0) is 26.2 Å². The van der Waals surface area contributed by atoms with Crippen LogP contribution in [0.1, 0.15) is 33.3 Å². The quantitative estimate of drug-likeness (QED) is 0.435. The average molecular weight is 583 g/mol. The highest BCUT2D eigenvalue weighted by atomic mass is 79.9. The number of anilines is 1. The number of benzene rings is 2. The number of carbonyl (C=O) groups excluding carboxylic acids is 2. The van der Waals surface area contributed by atoms with Crippen LogP contribution < -0.4 is 19.1 Å². The number of hydrogen-bond acceptors (Lipinski definition) is 6. The highest BCUT2D eigenvalue weighted by Crippen LogP contribution is 2.36. The molecule has 0 saturated heterocycles. The third-order valence-corrected chi connectivity index (χ3v) is 7.95. The molecule has 1 aliphatic heterocycles. The number of amides is 2. The minimum Gasteiger partial charge on any atom is -0.454 e. The standard InChI is InChI=1S/C25H32BrN3O6S/c1-5-36(32,33)29(21-9-10-22-23(12-21)35-16-34-22)15-24(30)28(14-19-7-6-8-20(26)11-19)18(4)25(31)27-13-17(2)3/h6-12,17-18H,5,13-16H2,1-4H3,(H,27,31)/t18-/m1/s1. The van der Waals surface area contributed by atoms with Gasteiger partial charge in [0.15, 0.2) is 11.5 Å². The van der Waals surface area contributed by atoms with Gasteiger partial charge in [-0.2, -0.15) is 0 Å². The number of sulfonamides is 1. The SMILES string of the molecule is CCS(=O)(=O)N(CC(=O)N(Cc1cccc(Br)c1)[C@H](C)C(=O)NCC(C)C)c1ccc2c(c1)OCO2. The Hall–Kier alpha value is -2.79. The van der Waals surface area contributed by atoms with Crippen LogP contribution in [-0.4, -0.2) is 56.8 Å². The fourth-order valence-electron chi connectivity index (χ4n) is 3.63. The van der Waals surface area contributed by atoms with E-state index in [1.54, 1.807) is 25.1 Å². The van der Waals surface area contributed by atoms with E-state index >= 15 is 0 Å². The van der Waals surface area contributed by atoms with E-state index in [9.17, 15) is 18.0 Å². The van der Waals surface area contributed by atoms with Crippen molar-refractivity contribution in [2.75, 3.05) is 29.9 Å².